The Hall–Kier alpha value is -0.870. The summed E-state index contributed by atoms with van der Waals surface area (Å²) in [7, 11) is 4.01. The van der Waals surface area contributed by atoms with Gasteiger partial charge in [0.25, 0.3) is 0 Å². The maximum Gasteiger partial charge on any atom is 0.220 e. The number of amides is 1. The first-order valence-corrected chi connectivity index (χ1v) is 7.00. The van der Waals surface area contributed by atoms with Crippen molar-refractivity contribution in [2.45, 2.75) is 25.7 Å². The van der Waals surface area contributed by atoms with Crippen molar-refractivity contribution in [2.75, 3.05) is 27.2 Å². The van der Waals surface area contributed by atoms with E-state index in [4.69, 9.17) is 0 Å². The summed E-state index contributed by atoms with van der Waals surface area (Å²) in [5, 5.41) is 5.03. The van der Waals surface area contributed by atoms with E-state index in [-0.39, 0.29) is 5.91 Å². The minimum Gasteiger partial charge on any atom is -0.355 e. The molecule has 1 rings (SSSR count). The monoisotopic (exact) mass is 254 g/mol. The van der Waals surface area contributed by atoms with Crippen LogP contribution in [-0.2, 0) is 11.2 Å². The molecule has 17 heavy (non-hydrogen) atoms. The van der Waals surface area contributed by atoms with Crippen LogP contribution < -0.4 is 5.32 Å². The first-order valence-electron chi connectivity index (χ1n) is 6.12. The Balaban J connectivity index is 1.97. The number of nitrogens with zero attached hydrogens (tertiary/aromatic N) is 1. The maximum atomic E-state index is 11.5. The molecule has 1 N–H and O–H groups in total. The Morgan fingerprint density at radius 1 is 1.41 bits per heavy atom. The van der Waals surface area contributed by atoms with Gasteiger partial charge in [0.2, 0.25) is 5.91 Å². The van der Waals surface area contributed by atoms with Gasteiger partial charge >= 0.3 is 0 Å². The summed E-state index contributed by atoms with van der Waals surface area (Å²) >= 11 is 1.79. The lowest BCUT2D eigenvalue weighted by Gasteiger charge is -2.10. The minimum atomic E-state index is 0.179. The zero-order valence-corrected chi connectivity index (χ0v) is 11.6. The van der Waals surface area contributed by atoms with Gasteiger partial charge in [0.05, 0.1) is 0 Å². The van der Waals surface area contributed by atoms with E-state index in [0.717, 1.165) is 32.4 Å². The third kappa shape index (κ3) is 7.13. The topological polar surface area (TPSA) is 32.3 Å². The summed E-state index contributed by atoms with van der Waals surface area (Å²) in [4.78, 5) is 14.9. The highest BCUT2D eigenvalue weighted by Crippen LogP contribution is 2.12. The average Bonchev–Trinajstić information content (AvgIpc) is 2.76. The largest absolute Gasteiger partial charge is 0.355 e. The lowest BCUT2D eigenvalue weighted by atomic mass is 10.1. The van der Waals surface area contributed by atoms with E-state index in [9.17, 15) is 4.79 Å². The van der Waals surface area contributed by atoms with Crippen LogP contribution in [-0.4, -0.2) is 38.0 Å². The molecule has 1 aromatic heterocycles. The number of carbonyl (C=O) groups is 1. The van der Waals surface area contributed by atoms with Gasteiger partial charge < -0.3 is 10.2 Å². The van der Waals surface area contributed by atoms with E-state index in [1.807, 2.05) is 14.1 Å². The predicted octanol–water partition coefficient (Wildman–Crippen LogP) is 2.14. The van der Waals surface area contributed by atoms with E-state index >= 15 is 0 Å². The molecule has 96 valence electrons. The van der Waals surface area contributed by atoms with Crippen LogP contribution in [0.25, 0.3) is 0 Å². The van der Waals surface area contributed by atoms with Gasteiger partial charge in [0.1, 0.15) is 0 Å². The van der Waals surface area contributed by atoms with E-state index < -0.39 is 0 Å². The molecule has 0 unspecified atom stereocenters. The van der Waals surface area contributed by atoms with Gasteiger partial charge in [-0.1, -0.05) is 6.07 Å². The molecule has 0 aliphatic rings. The van der Waals surface area contributed by atoms with Gasteiger partial charge in [-0.2, -0.15) is 0 Å². The second-order valence-corrected chi connectivity index (χ2v) is 5.47. The number of nitrogens with one attached hydrogen (secondary N) is 1. The number of aryl methyl sites for hydroxylation is 1. The number of rotatable bonds is 8. The van der Waals surface area contributed by atoms with E-state index in [0.29, 0.717) is 6.42 Å². The first-order chi connectivity index (χ1) is 8.18. The molecular weight excluding hydrogens is 232 g/mol. The van der Waals surface area contributed by atoms with Gasteiger partial charge in [-0.15, -0.1) is 11.3 Å². The van der Waals surface area contributed by atoms with Gasteiger partial charge in [-0.25, -0.2) is 0 Å². The predicted molar refractivity (Wildman–Crippen MR) is 73.4 cm³/mol. The second kappa shape index (κ2) is 8.25. The van der Waals surface area contributed by atoms with Gasteiger partial charge in [-0.3, -0.25) is 4.79 Å². The van der Waals surface area contributed by atoms with Gasteiger partial charge in [-0.05, 0) is 44.8 Å². The summed E-state index contributed by atoms with van der Waals surface area (Å²) in [5.41, 5.74) is 0. The van der Waals surface area contributed by atoms with Crippen molar-refractivity contribution >= 4 is 17.2 Å². The fraction of sp³-hybridized carbons (Fsp3) is 0.615. The van der Waals surface area contributed by atoms with Crippen LogP contribution in [0.15, 0.2) is 17.5 Å². The fourth-order valence-corrected chi connectivity index (χ4v) is 2.30. The van der Waals surface area contributed by atoms with Crippen LogP contribution in [0.2, 0.25) is 0 Å². The molecule has 0 saturated carbocycles. The molecule has 0 fully saturated rings. The Morgan fingerprint density at radius 3 is 2.88 bits per heavy atom. The quantitative estimate of drug-likeness (QED) is 0.721. The molecule has 0 aliphatic heterocycles. The van der Waals surface area contributed by atoms with Crippen LogP contribution in [0.4, 0.5) is 0 Å². The Bertz CT molecular complexity index is 309. The van der Waals surface area contributed by atoms with Crippen molar-refractivity contribution in [1.82, 2.24) is 10.2 Å². The number of unbranched alkanes of at least 4 members (excludes halogenated alkanes) is 1. The molecule has 1 heterocycles. The highest BCUT2D eigenvalue weighted by Gasteiger charge is 2.01. The highest BCUT2D eigenvalue weighted by atomic mass is 32.1. The zero-order chi connectivity index (χ0) is 12.5. The molecule has 0 radical (unpaired) electrons. The standard InChI is InChI=1S/C13H22N2OS/c1-15(2)10-9-14-13(16)8-4-3-6-12-7-5-11-17-12/h5,7,11H,3-4,6,8-10H2,1-2H3,(H,14,16). The SMILES string of the molecule is CN(C)CCNC(=O)CCCCc1cccs1. The molecule has 0 aliphatic carbocycles. The maximum absolute atomic E-state index is 11.5. The Labute approximate surface area is 108 Å². The lowest BCUT2D eigenvalue weighted by Crippen LogP contribution is -2.31. The molecule has 1 amide bonds. The van der Waals surface area contributed by atoms with Crippen LogP contribution >= 0.6 is 11.3 Å². The van der Waals surface area contributed by atoms with Crippen molar-refractivity contribution in [3.8, 4) is 0 Å². The molecule has 0 atom stereocenters. The Kier molecular flexibility index (Phi) is 6.89. The molecule has 0 bridgehead atoms. The number of hydrogen-bond donors (Lipinski definition) is 1. The summed E-state index contributed by atoms with van der Waals surface area (Å²) in [6.45, 7) is 1.65. The van der Waals surface area contributed by atoms with Gasteiger partial charge in [0.15, 0.2) is 0 Å². The van der Waals surface area contributed by atoms with Crippen molar-refractivity contribution in [2.24, 2.45) is 0 Å². The van der Waals surface area contributed by atoms with Crippen molar-refractivity contribution in [1.29, 1.82) is 0 Å². The third-order valence-corrected chi connectivity index (χ3v) is 3.47. The molecule has 0 saturated heterocycles. The Morgan fingerprint density at radius 2 is 2.24 bits per heavy atom. The summed E-state index contributed by atoms with van der Waals surface area (Å²) in [6, 6.07) is 4.23. The highest BCUT2D eigenvalue weighted by molar-refractivity contribution is 7.09. The molecule has 3 nitrogen and oxygen atoms in total. The number of hydrogen-bond acceptors (Lipinski definition) is 3. The average molecular weight is 254 g/mol. The zero-order valence-electron chi connectivity index (χ0n) is 10.7. The van der Waals surface area contributed by atoms with Crippen molar-refractivity contribution in [3.63, 3.8) is 0 Å². The summed E-state index contributed by atoms with van der Waals surface area (Å²) in [6.07, 6.45) is 3.83. The fourth-order valence-electron chi connectivity index (χ4n) is 1.55. The molecule has 4 heteroatoms. The van der Waals surface area contributed by atoms with Gasteiger partial charge in [0, 0.05) is 24.4 Å². The minimum absolute atomic E-state index is 0.179. The smallest absolute Gasteiger partial charge is 0.220 e. The third-order valence-electron chi connectivity index (χ3n) is 2.54. The molecule has 1 aromatic rings. The normalized spacial score (nSPS) is 10.8. The summed E-state index contributed by atoms with van der Waals surface area (Å²) < 4.78 is 0. The van der Waals surface area contributed by atoms with Crippen LogP contribution in [0.1, 0.15) is 24.1 Å². The summed E-state index contributed by atoms with van der Waals surface area (Å²) in [5.74, 6) is 0.179. The molecule has 0 aromatic carbocycles. The lowest BCUT2D eigenvalue weighted by molar-refractivity contribution is -0.121. The molecule has 0 spiro atoms. The number of carbonyl (C=O) groups excluding carboxylic acids is 1. The van der Waals surface area contributed by atoms with E-state index in [1.165, 1.54) is 4.88 Å². The van der Waals surface area contributed by atoms with Crippen LogP contribution in [0.3, 0.4) is 0 Å². The number of likely N-dealkylation sites (N-methyl/N-ethyl adjacent to an activating group) is 1. The van der Waals surface area contributed by atoms with Crippen molar-refractivity contribution in [3.05, 3.63) is 22.4 Å². The van der Waals surface area contributed by atoms with Crippen LogP contribution in [0.5, 0.6) is 0 Å². The van der Waals surface area contributed by atoms with E-state index in [2.05, 4.69) is 27.7 Å². The van der Waals surface area contributed by atoms with Crippen molar-refractivity contribution < 1.29 is 4.79 Å². The first kappa shape index (κ1) is 14.2. The second-order valence-electron chi connectivity index (χ2n) is 4.44. The van der Waals surface area contributed by atoms with Crippen LogP contribution in [0, 0.1) is 0 Å². The molecular formula is C13H22N2OS. The van der Waals surface area contributed by atoms with E-state index in [1.54, 1.807) is 11.3 Å². The number of thiophene rings is 1.